The van der Waals surface area contributed by atoms with Gasteiger partial charge in [0.15, 0.2) is 16.6 Å². The Bertz CT molecular complexity index is 1010. The molecule has 168 valence electrons. The van der Waals surface area contributed by atoms with Crippen LogP contribution in [-0.4, -0.2) is 28.6 Å². The van der Waals surface area contributed by atoms with Gasteiger partial charge in [0.05, 0.1) is 6.61 Å². The molecule has 5 nitrogen and oxygen atoms in total. The minimum absolute atomic E-state index is 0.0421. The van der Waals surface area contributed by atoms with Crippen molar-refractivity contribution in [2.45, 2.75) is 58.6 Å². The van der Waals surface area contributed by atoms with Gasteiger partial charge in [0.2, 0.25) is 0 Å². The highest BCUT2D eigenvalue weighted by molar-refractivity contribution is 7.80. The fraction of sp³-hybridized carbons (Fsp3) is 0.385. The van der Waals surface area contributed by atoms with Gasteiger partial charge in [-0.25, -0.2) is 0 Å². The first-order valence-electron chi connectivity index (χ1n) is 11.4. The summed E-state index contributed by atoms with van der Waals surface area (Å²) in [6.07, 6.45) is 7.41. The minimum atomic E-state index is -0.0421. The average molecular weight is 451 g/mol. The lowest BCUT2D eigenvalue weighted by Gasteiger charge is -2.29. The van der Waals surface area contributed by atoms with E-state index in [-0.39, 0.29) is 11.9 Å². The van der Waals surface area contributed by atoms with Gasteiger partial charge >= 0.3 is 0 Å². The second kappa shape index (κ2) is 10.2. The summed E-state index contributed by atoms with van der Waals surface area (Å²) in [5.74, 6) is 1.30. The van der Waals surface area contributed by atoms with Gasteiger partial charge < -0.3 is 14.8 Å². The maximum Gasteiger partial charge on any atom is 0.276 e. The summed E-state index contributed by atoms with van der Waals surface area (Å²) >= 11 is 5.48. The number of amides is 1. The van der Waals surface area contributed by atoms with Gasteiger partial charge in [-0.1, -0.05) is 55.2 Å². The van der Waals surface area contributed by atoms with E-state index < -0.39 is 0 Å². The molecule has 4 rings (SSSR count). The fourth-order valence-electron chi connectivity index (χ4n) is 4.23. The first-order chi connectivity index (χ1) is 15.5. The summed E-state index contributed by atoms with van der Waals surface area (Å²) in [5, 5.41) is 3.62. The summed E-state index contributed by atoms with van der Waals surface area (Å²) in [6, 6.07) is 14.2. The van der Waals surface area contributed by atoms with Crippen LogP contribution < -0.4 is 14.8 Å². The van der Waals surface area contributed by atoms with Crippen molar-refractivity contribution in [3.63, 3.8) is 0 Å². The molecule has 2 aliphatic rings. The van der Waals surface area contributed by atoms with Crippen molar-refractivity contribution in [1.29, 1.82) is 0 Å². The third-order valence-electron chi connectivity index (χ3n) is 5.94. The molecule has 0 radical (unpaired) electrons. The van der Waals surface area contributed by atoms with Crippen molar-refractivity contribution in [3.05, 3.63) is 64.9 Å². The highest BCUT2D eigenvalue weighted by atomic mass is 32.1. The highest BCUT2D eigenvalue weighted by Gasteiger charge is 2.36. The van der Waals surface area contributed by atoms with E-state index in [2.05, 4.69) is 36.5 Å². The van der Waals surface area contributed by atoms with Gasteiger partial charge in [-0.15, -0.1) is 0 Å². The number of thiocarbonyl (C=S) groups is 1. The van der Waals surface area contributed by atoms with E-state index in [9.17, 15) is 4.79 Å². The van der Waals surface area contributed by atoms with Crippen molar-refractivity contribution in [2.24, 2.45) is 0 Å². The van der Waals surface area contributed by atoms with Gasteiger partial charge in [-0.2, -0.15) is 0 Å². The zero-order valence-corrected chi connectivity index (χ0v) is 19.5. The summed E-state index contributed by atoms with van der Waals surface area (Å²) in [7, 11) is 0. The van der Waals surface area contributed by atoms with Crippen LogP contribution in [0.3, 0.4) is 0 Å². The minimum Gasteiger partial charge on any atom is -0.490 e. The quantitative estimate of drug-likeness (QED) is 0.454. The molecular formula is C26H30N2O3S. The van der Waals surface area contributed by atoms with E-state index in [1.807, 2.05) is 31.2 Å². The average Bonchev–Trinajstić information content (AvgIpc) is 3.08. The first kappa shape index (κ1) is 22.3. The van der Waals surface area contributed by atoms with Crippen molar-refractivity contribution < 1.29 is 14.3 Å². The molecule has 0 atom stereocenters. The van der Waals surface area contributed by atoms with Crippen LogP contribution in [0.2, 0.25) is 0 Å². The van der Waals surface area contributed by atoms with Crippen LogP contribution in [0.25, 0.3) is 6.08 Å². The highest BCUT2D eigenvalue weighted by Crippen LogP contribution is 2.31. The molecule has 0 unspecified atom stereocenters. The fourth-order valence-corrected chi connectivity index (χ4v) is 4.58. The molecule has 32 heavy (non-hydrogen) atoms. The van der Waals surface area contributed by atoms with Gasteiger partial charge in [0, 0.05) is 6.04 Å². The molecule has 6 heteroatoms. The SMILES string of the molecule is CCOc1cc(C=C2NC(=S)N(C3CCCCC3)C2=O)ccc1OCc1ccc(C)cc1. The summed E-state index contributed by atoms with van der Waals surface area (Å²) in [6.45, 7) is 5.00. The molecule has 1 N–H and O–H groups in total. The van der Waals surface area contributed by atoms with Crippen molar-refractivity contribution in [3.8, 4) is 11.5 Å². The Labute approximate surface area is 195 Å². The van der Waals surface area contributed by atoms with E-state index in [1.54, 1.807) is 4.90 Å². The Morgan fingerprint density at radius 3 is 2.53 bits per heavy atom. The molecule has 1 aliphatic carbocycles. The number of benzene rings is 2. The largest absolute Gasteiger partial charge is 0.490 e. The molecule has 0 aromatic heterocycles. The maximum absolute atomic E-state index is 13.0. The van der Waals surface area contributed by atoms with Crippen LogP contribution in [0.1, 0.15) is 55.7 Å². The van der Waals surface area contributed by atoms with Crippen LogP contribution in [0.15, 0.2) is 48.2 Å². The lowest BCUT2D eigenvalue weighted by atomic mass is 9.94. The molecule has 2 aromatic carbocycles. The van der Waals surface area contributed by atoms with Crippen LogP contribution in [0, 0.1) is 6.92 Å². The molecule has 1 amide bonds. The molecule has 1 saturated carbocycles. The van der Waals surface area contributed by atoms with Gasteiger partial charge in [-0.3, -0.25) is 9.69 Å². The molecule has 1 saturated heterocycles. The van der Waals surface area contributed by atoms with Gasteiger partial charge in [0.25, 0.3) is 5.91 Å². The van der Waals surface area contributed by atoms with E-state index in [0.717, 1.165) is 36.8 Å². The zero-order chi connectivity index (χ0) is 22.5. The first-order valence-corrected chi connectivity index (χ1v) is 11.8. The molecule has 1 aliphatic heterocycles. The number of hydrogen-bond donors (Lipinski definition) is 1. The summed E-state index contributed by atoms with van der Waals surface area (Å²) < 4.78 is 11.8. The number of ether oxygens (including phenoxy) is 2. The lowest BCUT2D eigenvalue weighted by molar-refractivity contribution is -0.124. The summed E-state index contributed by atoms with van der Waals surface area (Å²) in [4.78, 5) is 14.8. The third-order valence-corrected chi connectivity index (χ3v) is 6.24. The second-order valence-corrected chi connectivity index (χ2v) is 8.76. The molecule has 2 fully saturated rings. The van der Waals surface area contributed by atoms with Crippen molar-refractivity contribution in [2.75, 3.05) is 6.61 Å². The van der Waals surface area contributed by atoms with E-state index in [4.69, 9.17) is 21.7 Å². The number of carbonyl (C=O) groups excluding carboxylic acids is 1. The number of hydrogen-bond acceptors (Lipinski definition) is 4. The van der Waals surface area contributed by atoms with Gasteiger partial charge in [0.1, 0.15) is 12.3 Å². The summed E-state index contributed by atoms with van der Waals surface area (Å²) in [5.41, 5.74) is 3.69. The number of aryl methyl sites for hydroxylation is 1. The molecule has 0 bridgehead atoms. The predicted molar refractivity (Wildman–Crippen MR) is 131 cm³/mol. The van der Waals surface area contributed by atoms with Crippen molar-refractivity contribution >= 4 is 29.3 Å². The standard InChI is InChI=1S/C26H30N2O3S/c1-3-30-24-16-20(13-14-23(24)31-17-19-11-9-18(2)10-12-19)15-22-25(29)28(26(32)27-22)21-7-5-4-6-8-21/h9-16,21H,3-8,17H2,1-2H3,(H,27,32). The second-order valence-electron chi connectivity index (χ2n) is 8.37. The Hall–Kier alpha value is -2.86. The monoisotopic (exact) mass is 450 g/mol. The number of carbonyl (C=O) groups is 1. The Balaban J connectivity index is 1.50. The molecule has 2 aromatic rings. The Kier molecular flexibility index (Phi) is 7.10. The van der Waals surface area contributed by atoms with Gasteiger partial charge in [-0.05, 0) is 68.2 Å². The van der Waals surface area contributed by atoms with Crippen LogP contribution in [0.5, 0.6) is 11.5 Å². The number of nitrogens with zero attached hydrogens (tertiary/aromatic N) is 1. The smallest absolute Gasteiger partial charge is 0.276 e. The number of rotatable bonds is 7. The zero-order valence-electron chi connectivity index (χ0n) is 18.7. The van der Waals surface area contributed by atoms with Crippen LogP contribution >= 0.6 is 12.2 Å². The third kappa shape index (κ3) is 5.13. The normalized spacial score (nSPS) is 18.2. The Morgan fingerprint density at radius 1 is 1.06 bits per heavy atom. The topological polar surface area (TPSA) is 50.8 Å². The van der Waals surface area contributed by atoms with Crippen LogP contribution in [0.4, 0.5) is 0 Å². The van der Waals surface area contributed by atoms with E-state index in [0.29, 0.717) is 35.5 Å². The maximum atomic E-state index is 13.0. The molecule has 0 spiro atoms. The van der Waals surface area contributed by atoms with E-state index >= 15 is 0 Å². The van der Waals surface area contributed by atoms with E-state index in [1.165, 1.54) is 12.0 Å². The lowest BCUT2D eigenvalue weighted by Crippen LogP contribution is -2.41. The van der Waals surface area contributed by atoms with Crippen LogP contribution in [-0.2, 0) is 11.4 Å². The molecule has 1 heterocycles. The predicted octanol–water partition coefficient (Wildman–Crippen LogP) is 5.36. The van der Waals surface area contributed by atoms with Crippen molar-refractivity contribution in [1.82, 2.24) is 10.2 Å². The molecular weight excluding hydrogens is 420 g/mol. The Morgan fingerprint density at radius 2 is 1.81 bits per heavy atom. The number of nitrogens with one attached hydrogen (secondary N) is 1.